The Morgan fingerprint density at radius 3 is 2.63 bits per heavy atom. The van der Waals surface area contributed by atoms with E-state index in [4.69, 9.17) is 15.2 Å². The fraction of sp³-hybridized carbons (Fsp3) is 0.100. The van der Waals surface area contributed by atoms with Gasteiger partial charge in [-0.15, -0.1) is 0 Å². The molecule has 2 aromatic heterocycles. The van der Waals surface area contributed by atoms with Gasteiger partial charge in [-0.05, 0) is 24.3 Å². The summed E-state index contributed by atoms with van der Waals surface area (Å²) in [5, 5.41) is 5.06. The molecule has 7 heteroatoms. The van der Waals surface area contributed by atoms with Crippen LogP contribution in [-0.4, -0.2) is 30.1 Å². The minimum absolute atomic E-state index is 0.294. The van der Waals surface area contributed by atoms with E-state index in [1.165, 1.54) is 6.20 Å². The molecule has 0 bridgehead atoms. The average molecular weight is 362 g/mol. The molecule has 0 fully saturated rings. The highest BCUT2D eigenvalue weighted by atomic mass is 16.5. The van der Waals surface area contributed by atoms with Gasteiger partial charge >= 0.3 is 0 Å². The quantitative estimate of drug-likeness (QED) is 0.504. The predicted molar refractivity (Wildman–Crippen MR) is 105 cm³/mol. The summed E-state index contributed by atoms with van der Waals surface area (Å²) in [6.45, 7) is 0. The standard InChI is InChI=1S/C20H18N4O3/c1-26-17-8-12-16(9-18(17)27-2)23-10-13(20(21)25)19(12)24-15-5-3-4-14-11(15)6-7-22-14/h3-10,22H,1-2H3,(H2,21,25)(H,23,24). The molecule has 27 heavy (non-hydrogen) atoms. The number of carbonyl (C=O) groups is 1. The van der Waals surface area contributed by atoms with Crippen molar-refractivity contribution < 1.29 is 14.3 Å². The zero-order valence-corrected chi connectivity index (χ0v) is 14.9. The molecular weight excluding hydrogens is 344 g/mol. The van der Waals surface area contributed by atoms with Crippen LogP contribution in [0, 0.1) is 0 Å². The van der Waals surface area contributed by atoms with Gasteiger partial charge in [-0.3, -0.25) is 9.78 Å². The first-order chi connectivity index (χ1) is 13.1. The predicted octanol–water partition coefficient (Wildman–Crippen LogP) is 3.58. The van der Waals surface area contributed by atoms with Crippen LogP contribution in [0.1, 0.15) is 10.4 Å². The van der Waals surface area contributed by atoms with E-state index in [0.29, 0.717) is 33.7 Å². The van der Waals surface area contributed by atoms with Crippen LogP contribution >= 0.6 is 0 Å². The van der Waals surface area contributed by atoms with Gasteiger partial charge in [0.1, 0.15) is 0 Å². The van der Waals surface area contributed by atoms with Crippen LogP contribution in [0.2, 0.25) is 0 Å². The van der Waals surface area contributed by atoms with E-state index in [-0.39, 0.29) is 0 Å². The molecule has 7 nitrogen and oxygen atoms in total. The second kappa shape index (κ2) is 6.53. The summed E-state index contributed by atoms with van der Waals surface area (Å²) in [5.41, 5.74) is 8.95. The van der Waals surface area contributed by atoms with E-state index >= 15 is 0 Å². The maximum Gasteiger partial charge on any atom is 0.252 e. The third-order valence-corrected chi connectivity index (χ3v) is 4.49. The number of carbonyl (C=O) groups excluding carboxylic acids is 1. The maximum atomic E-state index is 12.0. The van der Waals surface area contributed by atoms with Crippen molar-refractivity contribution in [3.8, 4) is 11.5 Å². The number of anilines is 2. The number of aromatic amines is 1. The fourth-order valence-electron chi connectivity index (χ4n) is 3.17. The Hall–Kier alpha value is -3.74. The Morgan fingerprint density at radius 2 is 1.89 bits per heavy atom. The van der Waals surface area contributed by atoms with Crippen LogP contribution in [0.25, 0.3) is 21.8 Å². The van der Waals surface area contributed by atoms with Crippen molar-refractivity contribution in [3.63, 3.8) is 0 Å². The number of nitrogens with one attached hydrogen (secondary N) is 2. The lowest BCUT2D eigenvalue weighted by Gasteiger charge is -2.16. The number of hydrogen-bond donors (Lipinski definition) is 3. The Balaban J connectivity index is 1.97. The van der Waals surface area contributed by atoms with Crippen molar-refractivity contribution in [3.05, 3.63) is 54.4 Å². The molecule has 0 spiro atoms. The van der Waals surface area contributed by atoms with Crippen LogP contribution in [0.3, 0.4) is 0 Å². The number of fused-ring (bicyclic) bond motifs is 2. The highest BCUT2D eigenvalue weighted by Gasteiger charge is 2.17. The number of primary amides is 1. The largest absolute Gasteiger partial charge is 0.493 e. The number of pyridine rings is 1. The molecular formula is C20H18N4O3. The summed E-state index contributed by atoms with van der Waals surface area (Å²) in [7, 11) is 3.12. The molecule has 0 aliphatic rings. The molecule has 0 aliphatic carbocycles. The maximum absolute atomic E-state index is 12.0. The zero-order chi connectivity index (χ0) is 19.0. The molecule has 136 valence electrons. The highest BCUT2D eigenvalue weighted by Crippen LogP contribution is 2.38. The van der Waals surface area contributed by atoms with Crippen LogP contribution in [-0.2, 0) is 0 Å². The van der Waals surface area contributed by atoms with Crippen LogP contribution in [0.15, 0.2) is 48.8 Å². The van der Waals surface area contributed by atoms with Crippen molar-refractivity contribution in [1.82, 2.24) is 9.97 Å². The number of nitrogens with two attached hydrogens (primary N) is 1. The second-order valence-corrected chi connectivity index (χ2v) is 6.00. The minimum atomic E-state index is -0.567. The van der Waals surface area contributed by atoms with Gasteiger partial charge in [0.2, 0.25) is 0 Å². The molecule has 0 atom stereocenters. The van der Waals surface area contributed by atoms with Crippen molar-refractivity contribution in [2.75, 3.05) is 19.5 Å². The Bertz CT molecular complexity index is 1170. The van der Waals surface area contributed by atoms with Crippen molar-refractivity contribution in [2.45, 2.75) is 0 Å². The van der Waals surface area contributed by atoms with Gasteiger partial charge in [0.05, 0.1) is 31.0 Å². The van der Waals surface area contributed by atoms with Crippen LogP contribution < -0.4 is 20.5 Å². The highest BCUT2D eigenvalue weighted by molar-refractivity contribution is 6.09. The third-order valence-electron chi connectivity index (χ3n) is 4.49. The molecule has 4 rings (SSSR count). The third kappa shape index (κ3) is 2.79. The first-order valence-electron chi connectivity index (χ1n) is 8.30. The molecule has 4 aromatic rings. The van der Waals surface area contributed by atoms with Gasteiger partial charge in [0.15, 0.2) is 11.5 Å². The van der Waals surface area contributed by atoms with Crippen molar-refractivity contribution in [2.24, 2.45) is 5.73 Å². The van der Waals surface area contributed by atoms with Gasteiger partial charge in [0, 0.05) is 40.4 Å². The molecule has 4 N–H and O–H groups in total. The number of rotatable bonds is 5. The number of nitrogens with zero attached hydrogens (tertiary/aromatic N) is 1. The summed E-state index contributed by atoms with van der Waals surface area (Å²) in [6.07, 6.45) is 3.33. The summed E-state index contributed by atoms with van der Waals surface area (Å²) >= 11 is 0. The number of aromatic nitrogens is 2. The number of amides is 1. The van der Waals surface area contributed by atoms with Crippen LogP contribution in [0.4, 0.5) is 11.4 Å². The number of hydrogen-bond acceptors (Lipinski definition) is 5. The Labute approximate surface area is 155 Å². The topological polar surface area (TPSA) is 102 Å². The SMILES string of the molecule is COc1cc2ncc(C(N)=O)c(Nc3cccc4[nH]ccc34)c2cc1OC. The van der Waals surface area contributed by atoms with E-state index < -0.39 is 5.91 Å². The molecule has 2 heterocycles. The second-order valence-electron chi connectivity index (χ2n) is 6.00. The fourth-order valence-corrected chi connectivity index (χ4v) is 3.17. The molecule has 0 saturated carbocycles. The number of ether oxygens (including phenoxy) is 2. The summed E-state index contributed by atoms with van der Waals surface area (Å²) in [6, 6.07) is 11.4. The summed E-state index contributed by atoms with van der Waals surface area (Å²) in [5.74, 6) is 0.530. The lowest BCUT2D eigenvalue weighted by Crippen LogP contribution is -2.14. The van der Waals surface area contributed by atoms with Gasteiger partial charge in [-0.1, -0.05) is 6.07 Å². The lowest BCUT2D eigenvalue weighted by molar-refractivity contribution is 0.100. The van der Waals surface area contributed by atoms with Gasteiger partial charge in [0.25, 0.3) is 5.91 Å². The number of methoxy groups -OCH3 is 2. The molecule has 0 saturated heterocycles. The van der Waals surface area contributed by atoms with E-state index in [9.17, 15) is 4.79 Å². The lowest BCUT2D eigenvalue weighted by atomic mass is 10.1. The summed E-state index contributed by atoms with van der Waals surface area (Å²) < 4.78 is 10.8. The van der Waals surface area contributed by atoms with E-state index in [1.54, 1.807) is 26.4 Å². The van der Waals surface area contributed by atoms with E-state index in [2.05, 4.69) is 15.3 Å². The van der Waals surface area contributed by atoms with E-state index in [1.807, 2.05) is 30.5 Å². The first-order valence-corrected chi connectivity index (χ1v) is 8.30. The molecule has 0 radical (unpaired) electrons. The van der Waals surface area contributed by atoms with Gasteiger partial charge < -0.3 is 25.5 Å². The van der Waals surface area contributed by atoms with Crippen molar-refractivity contribution >= 4 is 39.1 Å². The van der Waals surface area contributed by atoms with Gasteiger partial charge in [-0.25, -0.2) is 0 Å². The number of benzene rings is 2. The monoisotopic (exact) mass is 362 g/mol. The normalized spacial score (nSPS) is 10.9. The smallest absolute Gasteiger partial charge is 0.252 e. The first kappa shape index (κ1) is 16.7. The Morgan fingerprint density at radius 1 is 1.11 bits per heavy atom. The minimum Gasteiger partial charge on any atom is -0.493 e. The molecule has 0 aliphatic heterocycles. The zero-order valence-electron chi connectivity index (χ0n) is 14.9. The molecule has 2 aromatic carbocycles. The molecule has 1 amide bonds. The van der Waals surface area contributed by atoms with Gasteiger partial charge in [-0.2, -0.15) is 0 Å². The summed E-state index contributed by atoms with van der Waals surface area (Å²) in [4.78, 5) is 19.6. The van der Waals surface area contributed by atoms with Crippen LogP contribution in [0.5, 0.6) is 11.5 Å². The van der Waals surface area contributed by atoms with E-state index in [0.717, 1.165) is 16.6 Å². The average Bonchev–Trinajstić information content (AvgIpc) is 3.16. The molecule has 0 unspecified atom stereocenters. The number of H-pyrrole nitrogens is 1. The van der Waals surface area contributed by atoms with Crippen molar-refractivity contribution in [1.29, 1.82) is 0 Å². The Kier molecular flexibility index (Phi) is 4.04.